The fraction of sp³-hybridized carbons (Fsp3) is 0.250. The van der Waals surface area contributed by atoms with E-state index in [0.29, 0.717) is 37.3 Å². The molecule has 1 fully saturated rings. The van der Waals surface area contributed by atoms with Gasteiger partial charge in [0.2, 0.25) is 5.91 Å². The summed E-state index contributed by atoms with van der Waals surface area (Å²) in [6.45, 7) is 1.10. The highest BCUT2D eigenvalue weighted by Gasteiger charge is 2.28. The maximum absolute atomic E-state index is 12.7. The minimum atomic E-state index is -0.0860. The average molecular weight is 376 g/mol. The van der Waals surface area contributed by atoms with Gasteiger partial charge in [-0.1, -0.05) is 18.2 Å². The summed E-state index contributed by atoms with van der Waals surface area (Å²) in [5.41, 5.74) is 1.32. The van der Waals surface area contributed by atoms with Crippen LogP contribution in [0.1, 0.15) is 23.2 Å². The number of aromatic nitrogens is 4. The number of para-hydroxylation sites is 1. The number of anilines is 1. The molecule has 8 nitrogen and oxygen atoms in total. The Morgan fingerprint density at radius 2 is 1.82 bits per heavy atom. The number of piperidine rings is 1. The number of benzene rings is 1. The van der Waals surface area contributed by atoms with E-state index in [0.717, 1.165) is 5.69 Å². The van der Waals surface area contributed by atoms with Crippen molar-refractivity contribution in [1.82, 2.24) is 24.6 Å². The number of hydrogen-bond donors (Lipinski definition) is 1. The lowest BCUT2D eigenvalue weighted by Crippen LogP contribution is -2.41. The SMILES string of the molecule is O=C(Nc1ccccc1)C1CCN(C(=O)c2ccc(-n3cncn3)nc2)CC1. The predicted molar refractivity (Wildman–Crippen MR) is 103 cm³/mol. The topological polar surface area (TPSA) is 93.0 Å². The molecule has 0 spiro atoms. The van der Waals surface area contributed by atoms with E-state index in [1.165, 1.54) is 11.0 Å². The molecule has 4 rings (SSSR count). The fourth-order valence-electron chi connectivity index (χ4n) is 3.27. The van der Waals surface area contributed by atoms with E-state index in [1.54, 1.807) is 29.6 Å². The molecule has 1 saturated heterocycles. The van der Waals surface area contributed by atoms with E-state index in [4.69, 9.17) is 0 Å². The Morgan fingerprint density at radius 3 is 2.46 bits per heavy atom. The lowest BCUT2D eigenvalue weighted by molar-refractivity contribution is -0.121. The van der Waals surface area contributed by atoms with Crippen LogP contribution in [0.2, 0.25) is 0 Å². The number of nitrogens with zero attached hydrogens (tertiary/aromatic N) is 5. The first-order chi connectivity index (χ1) is 13.7. The molecule has 142 valence electrons. The molecule has 28 heavy (non-hydrogen) atoms. The van der Waals surface area contributed by atoms with Crippen molar-refractivity contribution in [2.24, 2.45) is 5.92 Å². The van der Waals surface area contributed by atoms with Crippen LogP contribution in [0, 0.1) is 5.92 Å². The zero-order valence-corrected chi connectivity index (χ0v) is 15.2. The van der Waals surface area contributed by atoms with Gasteiger partial charge in [-0.05, 0) is 37.1 Å². The summed E-state index contributed by atoms with van der Waals surface area (Å²) in [4.78, 5) is 35.1. The van der Waals surface area contributed by atoms with Crippen LogP contribution in [0.25, 0.3) is 5.82 Å². The molecule has 3 aromatic rings. The van der Waals surface area contributed by atoms with E-state index in [9.17, 15) is 9.59 Å². The zero-order valence-electron chi connectivity index (χ0n) is 15.2. The van der Waals surface area contributed by atoms with Gasteiger partial charge in [-0.15, -0.1) is 0 Å². The Labute approximate surface area is 162 Å². The molecule has 0 atom stereocenters. The zero-order chi connectivity index (χ0) is 19.3. The molecule has 2 aromatic heterocycles. The van der Waals surface area contributed by atoms with Gasteiger partial charge in [-0.3, -0.25) is 9.59 Å². The Hall–Kier alpha value is -3.55. The first-order valence-electron chi connectivity index (χ1n) is 9.17. The summed E-state index contributed by atoms with van der Waals surface area (Å²) in [6, 6.07) is 12.9. The first-order valence-corrected chi connectivity index (χ1v) is 9.17. The van der Waals surface area contributed by atoms with Crippen molar-refractivity contribution >= 4 is 17.5 Å². The molecule has 1 aliphatic heterocycles. The second kappa shape index (κ2) is 7.99. The fourth-order valence-corrected chi connectivity index (χ4v) is 3.27. The third kappa shape index (κ3) is 3.90. The van der Waals surface area contributed by atoms with Crippen molar-refractivity contribution in [3.05, 3.63) is 66.9 Å². The minimum Gasteiger partial charge on any atom is -0.339 e. The van der Waals surface area contributed by atoms with E-state index < -0.39 is 0 Å². The van der Waals surface area contributed by atoms with E-state index in [-0.39, 0.29) is 17.7 Å². The Kier molecular flexibility index (Phi) is 5.09. The smallest absolute Gasteiger partial charge is 0.255 e. The summed E-state index contributed by atoms with van der Waals surface area (Å²) in [6.07, 6.45) is 5.82. The molecule has 0 saturated carbocycles. The second-order valence-electron chi connectivity index (χ2n) is 6.67. The van der Waals surface area contributed by atoms with Gasteiger partial charge >= 0.3 is 0 Å². The number of pyridine rings is 1. The van der Waals surface area contributed by atoms with Crippen molar-refractivity contribution in [2.45, 2.75) is 12.8 Å². The van der Waals surface area contributed by atoms with Crippen molar-refractivity contribution in [3.63, 3.8) is 0 Å². The number of rotatable bonds is 4. The summed E-state index contributed by atoms with van der Waals surface area (Å²) in [5.74, 6) is 0.458. The molecule has 0 aliphatic carbocycles. The highest BCUT2D eigenvalue weighted by Crippen LogP contribution is 2.21. The molecule has 1 N–H and O–H groups in total. The monoisotopic (exact) mass is 376 g/mol. The van der Waals surface area contributed by atoms with Crippen LogP contribution in [-0.4, -0.2) is 49.6 Å². The van der Waals surface area contributed by atoms with Gasteiger partial charge < -0.3 is 10.2 Å². The van der Waals surface area contributed by atoms with Crippen LogP contribution in [-0.2, 0) is 4.79 Å². The van der Waals surface area contributed by atoms with Crippen molar-refractivity contribution in [1.29, 1.82) is 0 Å². The number of carbonyl (C=O) groups is 2. The lowest BCUT2D eigenvalue weighted by atomic mass is 9.95. The summed E-state index contributed by atoms with van der Waals surface area (Å²) >= 11 is 0. The first kappa shape index (κ1) is 17.8. The number of carbonyl (C=O) groups excluding carboxylic acids is 2. The number of nitrogens with one attached hydrogen (secondary N) is 1. The van der Waals surface area contributed by atoms with E-state index in [2.05, 4.69) is 20.4 Å². The number of likely N-dealkylation sites (tertiary alicyclic amines) is 1. The van der Waals surface area contributed by atoms with Gasteiger partial charge in [0, 0.05) is 30.9 Å². The molecular formula is C20H20N6O2. The standard InChI is InChI=1S/C20H20N6O2/c27-19(24-17-4-2-1-3-5-17)15-8-10-25(11-9-15)20(28)16-6-7-18(22-12-16)26-14-21-13-23-26/h1-7,12-15H,8-11H2,(H,24,27). The van der Waals surface area contributed by atoms with E-state index >= 15 is 0 Å². The van der Waals surface area contributed by atoms with Crippen LogP contribution in [0.15, 0.2) is 61.3 Å². The van der Waals surface area contributed by atoms with Gasteiger partial charge in [0.05, 0.1) is 5.56 Å². The molecule has 1 aliphatic rings. The van der Waals surface area contributed by atoms with Gasteiger partial charge in [0.1, 0.15) is 12.7 Å². The van der Waals surface area contributed by atoms with Gasteiger partial charge in [-0.2, -0.15) is 5.10 Å². The minimum absolute atomic E-state index is 0.0113. The highest BCUT2D eigenvalue weighted by atomic mass is 16.2. The Bertz CT molecular complexity index is 933. The molecule has 0 radical (unpaired) electrons. The largest absolute Gasteiger partial charge is 0.339 e. The average Bonchev–Trinajstić information content (AvgIpc) is 3.29. The van der Waals surface area contributed by atoms with Crippen LogP contribution >= 0.6 is 0 Å². The molecule has 3 heterocycles. The van der Waals surface area contributed by atoms with Crippen LogP contribution in [0.4, 0.5) is 5.69 Å². The summed E-state index contributed by atoms with van der Waals surface area (Å²) in [5, 5.41) is 6.96. The predicted octanol–water partition coefficient (Wildman–Crippen LogP) is 2.15. The van der Waals surface area contributed by atoms with Crippen LogP contribution in [0.3, 0.4) is 0 Å². The molecule has 0 unspecified atom stereocenters. The van der Waals surface area contributed by atoms with Crippen molar-refractivity contribution in [3.8, 4) is 5.82 Å². The maximum atomic E-state index is 12.7. The number of amides is 2. The normalized spacial score (nSPS) is 14.6. The molecular weight excluding hydrogens is 356 g/mol. The Balaban J connectivity index is 1.33. The summed E-state index contributed by atoms with van der Waals surface area (Å²) < 4.78 is 1.53. The quantitative estimate of drug-likeness (QED) is 0.753. The summed E-state index contributed by atoms with van der Waals surface area (Å²) in [7, 11) is 0. The third-order valence-corrected chi connectivity index (χ3v) is 4.84. The number of hydrogen-bond acceptors (Lipinski definition) is 5. The van der Waals surface area contributed by atoms with Crippen LogP contribution < -0.4 is 5.32 Å². The third-order valence-electron chi connectivity index (χ3n) is 4.84. The van der Waals surface area contributed by atoms with Gasteiger partial charge in [0.15, 0.2) is 5.82 Å². The molecule has 2 amide bonds. The van der Waals surface area contributed by atoms with Gasteiger partial charge in [0.25, 0.3) is 5.91 Å². The Morgan fingerprint density at radius 1 is 1.04 bits per heavy atom. The van der Waals surface area contributed by atoms with E-state index in [1.807, 2.05) is 30.3 Å². The van der Waals surface area contributed by atoms with Crippen molar-refractivity contribution < 1.29 is 9.59 Å². The second-order valence-corrected chi connectivity index (χ2v) is 6.67. The lowest BCUT2D eigenvalue weighted by Gasteiger charge is -2.31. The van der Waals surface area contributed by atoms with Crippen molar-refractivity contribution in [2.75, 3.05) is 18.4 Å². The van der Waals surface area contributed by atoms with Crippen LogP contribution in [0.5, 0.6) is 0 Å². The van der Waals surface area contributed by atoms with Gasteiger partial charge in [-0.25, -0.2) is 14.6 Å². The molecule has 8 heteroatoms. The molecule has 1 aromatic carbocycles. The molecule has 0 bridgehead atoms. The maximum Gasteiger partial charge on any atom is 0.255 e. The highest BCUT2D eigenvalue weighted by molar-refractivity contribution is 5.95.